The second-order valence-corrected chi connectivity index (χ2v) is 5.63. The molecule has 1 atom stereocenters. The Bertz CT molecular complexity index is 507. The Labute approximate surface area is 176 Å². The van der Waals surface area contributed by atoms with Crippen LogP contribution in [0.5, 0.6) is 0 Å². The van der Waals surface area contributed by atoms with Crippen molar-refractivity contribution in [2.24, 2.45) is 0 Å². The highest BCUT2D eigenvalue weighted by Gasteiger charge is 2.19. The lowest BCUT2D eigenvalue weighted by atomic mass is 10.4. The van der Waals surface area contributed by atoms with Crippen molar-refractivity contribution >= 4 is 18.3 Å². The molecule has 0 spiro atoms. The van der Waals surface area contributed by atoms with Crippen molar-refractivity contribution < 1.29 is 52.3 Å². The molecule has 0 bridgehead atoms. The first-order chi connectivity index (χ1) is 14.4. The van der Waals surface area contributed by atoms with Gasteiger partial charge in [-0.15, -0.1) is 0 Å². The summed E-state index contributed by atoms with van der Waals surface area (Å²) in [5.41, 5.74) is 0.266. The first-order valence-corrected chi connectivity index (χ1v) is 9.59. The summed E-state index contributed by atoms with van der Waals surface area (Å²) in [6.07, 6.45) is -2.87. The molecule has 0 aliphatic heterocycles. The first kappa shape index (κ1) is 27.6. The van der Waals surface area contributed by atoms with Gasteiger partial charge in [0, 0.05) is 18.8 Å². The zero-order valence-electron chi connectivity index (χ0n) is 17.8. The van der Waals surface area contributed by atoms with Gasteiger partial charge in [-0.25, -0.2) is 14.4 Å². The third-order valence-electron chi connectivity index (χ3n) is 3.07. The largest absolute Gasteiger partial charge is 0.508 e. The monoisotopic (exact) mass is 436 g/mol. The Hall–Kier alpha value is -2.37. The van der Waals surface area contributed by atoms with E-state index in [-0.39, 0.29) is 58.4 Å². The minimum atomic E-state index is -0.967. The van der Waals surface area contributed by atoms with E-state index >= 15 is 0 Å². The molecule has 0 rings (SSSR count). The van der Waals surface area contributed by atoms with Crippen molar-refractivity contribution in [3.05, 3.63) is 12.2 Å². The van der Waals surface area contributed by atoms with E-state index in [2.05, 4.69) is 6.58 Å². The number of carbonyl (C=O) groups is 3. The number of hydrogen-bond acceptors (Lipinski definition) is 11. The fourth-order valence-corrected chi connectivity index (χ4v) is 1.68. The SMILES string of the molecule is C=C(C)C(=O)OCCOCC(COC(=O)OCCOCC)OC(=O)OCCOCC. The van der Waals surface area contributed by atoms with E-state index in [1.807, 2.05) is 13.8 Å². The van der Waals surface area contributed by atoms with E-state index < -0.39 is 24.4 Å². The maximum Gasteiger partial charge on any atom is 0.508 e. The second-order valence-electron chi connectivity index (χ2n) is 5.63. The lowest BCUT2D eigenvalue weighted by molar-refractivity contribution is -0.141. The van der Waals surface area contributed by atoms with Gasteiger partial charge < -0.3 is 37.9 Å². The highest BCUT2D eigenvalue weighted by Crippen LogP contribution is 2.01. The summed E-state index contributed by atoms with van der Waals surface area (Å²) >= 11 is 0. The van der Waals surface area contributed by atoms with Gasteiger partial charge in [-0.05, 0) is 20.8 Å². The summed E-state index contributed by atoms with van der Waals surface area (Å²) in [6, 6.07) is 0. The summed E-state index contributed by atoms with van der Waals surface area (Å²) < 4.78 is 39.9. The molecule has 174 valence electrons. The van der Waals surface area contributed by atoms with Crippen LogP contribution in [0.4, 0.5) is 9.59 Å². The average molecular weight is 436 g/mol. The van der Waals surface area contributed by atoms with Gasteiger partial charge in [-0.3, -0.25) is 0 Å². The van der Waals surface area contributed by atoms with Crippen molar-refractivity contribution in [3.8, 4) is 0 Å². The van der Waals surface area contributed by atoms with E-state index in [9.17, 15) is 14.4 Å². The molecule has 1 unspecified atom stereocenters. The first-order valence-electron chi connectivity index (χ1n) is 9.59. The van der Waals surface area contributed by atoms with Gasteiger partial charge in [0.2, 0.25) is 0 Å². The second kappa shape index (κ2) is 18.6. The molecule has 0 aromatic carbocycles. The molecule has 30 heavy (non-hydrogen) atoms. The van der Waals surface area contributed by atoms with Crippen LogP contribution in [0.25, 0.3) is 0 Å². The van der Waals surface area contributed by atoms with Gasteiger partial charge in [0.05, 0.1) is 26.4 Å². The highest BCUT2D eigenvalue weighted by molar-refractivity contribution is 5.86. The Morgan fingerprint density at radius 3 is 1.80 bits per heavy atom. The number of hydrogen-bond donors (Lipinski definition) is 0. The minimum Gasteiger partial charge on any atom is -0.460 e. The molecule has 0 N–H and O–H groups in total. The predicted molar refractivity (Wildman–Crippen MR) is 103 cm³/mol. The summed E-state index contributed by atoms with van der Waals surface area (Å²) in [4.78, 5) is 34.6. The molecular weight excluding hydrogens is 404 g/mol. The third kappa shape index (κ3) is 16.6. The number of rotatable bonds is 17. The van der Waals surface area contributed by atoms with Gasteiger partial charge in [-0.2, -0.15) is 0 Å². The van der Waals surface area contributed by atoms with Crippen molar-refractivity contribution in [2.45, 2.75) is 26.9 Å². The number of ether oxygens (including phenoxy) is 8. The highest BCUT2D eigenvalue weighted by atomic mass is 16.8. The molecule has 0 heterocycles. The van der Waals surface area contributed by atoms with E-state index in [0.717, 1.165) is 0 Å². The Morgan fingerprint density at radius 1 is 0.700 bits per heavy atom. The lowest BCUT2D eigenvalue weighted by Crippen LogP contribution is -2.31. The van der Waals surface area contributed by atoms with Crippen LogP contribution in [0.1, 0.15) is 20.8 Å². The smallest absolute Gasteiger partial charge is 0.460 e. The summed E-state index contributed by atoms with van der Waals surface area (Å²) in [6.45, 7) is 9.68. The minimum absolute atomic E-state index is 0.0113. The molecule has 0 radical (unpaired) electrons. The van der Waals surface area contributed by atoms with Gasteiger partial charge in [0.1, 0.15) is 26.4 Å². The molecule has 11 nitrogen and oxygen atoms in total. The zero-order chi connectivity index (χ0) is 22.6. The van der Waals surface area contributed by atoms with Gasteiger partial charge in [0.25, 0.3) is 0 Å². The number of carbonyl (C=O) groups excluding carboxylic acids is 3. The van der Waals surface area contributed by atoms with E-state index in [0.29, 0.717) is 13.2 Å². The summed E-state index contributed by atoms with van der Waals surface area (Å²) in [5.74, 6) is -0.539. The number of esters is 1. The molecule has 0 aliphatic carbocycles. The normalized spacial score (nSPS) is 11.3. The van der Waals surface area contributed by atoms with E-state index in [1.54, 1.807) is 0 Å². The molecular formula is C19H32O11. The average Bonchev–Trinajstić information content (AvgIpc) is 2.71. The van der Waals surface area contributed by atoms with Crippen LogP contribution in [-0.4, -0.2) is 90.5 Å². The third-order valence-corrected chi connectivity index (χ3v) is 3.07. The molecule has 0 saturated carbocycles. The van der Waals surface area contributed by atoms with Crippen LogP contribution in [-0.2, 0) is 42.7 Å². The van der Waals surface area contributed by atoms with Crippen LogP contribution in [0.3, 0.4) is 0 Å². The standard InChI is InChI=1S/C19H32O11/c1-5-23-7-11-27-18(21)29-14-16(30-19(22)28-12-8-24-6-2)13-25-9-10-26-17(20)15(3)4/h16H,3,5-14H2,1-2,4H3. The zero-order valence-corrected chi connectivity index (χ0v) is 17.8. The Balaban J connectivity index is 4.32. The van der Waals surface area contributed by atoms with E-state index in [1.165, 1.54) is 6.92 Å². The molecule has 0 aromatic rings. The summed E-state index contributed by atoms with van der Waals surface area (Å²) in [7, 11) is 0. The quantitative estimate of drug-likeness (QED) is 0.144. The topological polar surface area (TPSA) is 125 Å². The van der Waals surface area contributed by atoms with Crippen LogP contribution in [0.2, 0.25) is 0 Å². The molecule has 0 saturated heterocycles. The van der Waals surface area contributed by atoms with Crippen LogP contribution < -0.4 is 0 Å². The van der Waals surface area contributed by atoms with Crippen molar-refractivity contribution in [3.63, 3.8) is 0 Å². The predicted octanol–water partition coefficient (Wildman–Crippen LogP) is 1.87. The molecule has 0 fully saturated rings. The van der Waals surface area contributed by atoms with Crippen LogP contribution in [0.15, 0.2) is 12.2 Å². The van der Waals surface area contributed by atoms with Crippen molar-refractivity contribution in [2.75, 3.05) is 66.1 Å². The molecule has 0 aromatic heterocycles. The van der Waals surface area contributed by atoms with Crippen molar-refractivity contribution in [1.29, 1.82) is 0 Å². The van der Waals surface area contributed by atoms with Crippen LogP contribution >= 0.6 is 0 Å². The van der Waals surface area contributed by atoms with Gasteiger partial charge in [0.15, 0.2) is 6.10 Å². The van der Waals surface area contributed by atoms with Gasteiger partial charge in [-0.1, -0.05) is 6.58 Å². The van der Waals surface area contributed by atoms with Gasteiger partial charge >= 0.3 is 18.3 Å². The fourth-order valence-electron chi connectivity index (χ4n) is 1.68. The fraction of sp³-hybridized carbons (Fsp3) is 0.737. The Kier molecular flexibility index (Phi) is 17.2. The molecule has 0 amide bonds. The maximum absolute atomic E-state index is 11.7. The summed E-state index contributed by atoms with van der Waals surface area (Å²) in [5, 5.41) is 0. The molecule has 0 aliphatic rings. The van der Waals surface area contributed by atoms with E-state index in [4.69, 9.17) is 37.9 Å². The lowest BCUT2D eigenvalue weighted by Gasteiger charge is -2.18. The Morgan fingerprint density at radius 2 is 1.23 bits per heavy atom. The van der Waals surface area contributed by atoms with Crippen molar-refractivity contribution in [1.82, 2.24) is 0 Å². The van der Waals surface area contributed by atoms with Crippen LogP contribution in [0, 0.1) is 0 Å². The molecule has 11 heteroatoms. The maximum atomic E-state index is 11.7.